The van der Waals surface area contributed by atoms with E-state index < -0.39 is 4.92 Å². The molecule has 2 N–H and O–H groups in total. The maximum absolute atomic E-state index is 11.9. The van der Waals surface area contributed by atoms with Gasteiger partial charge >= 0.3 is 0 Å². The molecule has 0 heterocycles. The van der Waals surface area contributed by atoms with Crippen molar-refractivity contribution in [1.29, 1.82) is 0 Å². The lowest BCUT2D eigenvalue weighted by molar-refractivity contribution is -0.384. The molecule has 0 aliphatic heterocycles. The third kappa shape index (κ3) is 4.32. The Morgan fingerprint density at radius 3 is 2.78 bits per heavy atom. The molecule has 0 saturated heterocycles. The smallest absolute Gasteiger partial charge is 0.292 e. The molecule has 0 unspecified atom stereocenters. The molecule has 0 bridgehead atoms. The van der Waals surface area contributed by atoms with Gasteiger partial charge in [-0.25, -0.2) is 0 Å². The molecule has 23 heavy (non-hydrogen) atoms. The Morgan fingerprint density at radius 2 is 2.09 bits per heavy atom. The monoisotopic (exact) mass is 309 g/mol. The van der Waals surface area contributed by atoms with E-state index >= 15 is 0 Å². The molecule has 2 aromatic carbocycles. The molecule has 2 rings (SSSR count). The normalized spacial score (nSPS) is 9.74. The van der Waals surface area contributed by atoms with Gasteiger partial charge in [-0.1, -0.05) is 18.1 Å². The highest BCUT2D eigenvalue weighted by Gasteiger charge is 2.14. The summed E-state index contributed by atoms with van der Waals surface area (Å²) in [7, 11) is 0. The number of anilines is 2. The summed E-state index contributed by atoms with van der Waals surface area (Å²) in [4.78, 5) is 22.5. The topological polar surface area (TPSA) is 84.3 Å². The Kier molecular flexibility index (Phi) is 4.95. The van der Waals surface area contributed by atoms with Gasteiger partial charge in [0.25, 0.3) is 5.69 Å². The minimum Gasteiger partial charge on any atom is -0.371 e. The number of nitro groups is 1. The van der Waals surface area contributed by atoms with Crippen molar-refractivity contribution < 1.29 is 9.72 Å². The van der Waals surface area contributed by atoms with Gasteiger partial charge in [-0.15, -0.1) is 6.42 Å². The Labute approximate surface area is 133 Å². The molecule has 0 aliphatic carbocycles. The van der Waals surface area contributed by atoms with Crippen LogP contribution in [0.4, 0.5) is 17.1 Å². The summed E-state index contributed by atoms with van der Waals surface area (Å²) in [6, 6.07) is 11.7. The molecule has 1 amide bonds. The van der Waals surface area contributed by atoms with E-state index in [1.54, 1.807) is 43.3 Å². The first-order valence-corrected chi connectivity index (χ1v) is 6.85. The van der Waals surface area contributed by atoms with E-state index in [1.807, 2.05) is 0 Å². The highest BCUT2D eigenvalue weighted by atomic mass is 16.6. The van der Waals surface area contributed by atoms with E-state index in [1.165, 1.54) is 6.07 Å². The van der Waals surface area contributed by atoms with Gasteiger partial charge in [0.05, 0.1) is 11.5 Å². The Hall–Kier alpha value is -3.33. The second-order valence-corrected chi connectivity index (χ2v) is 4.90. The van der Waals surface area contributed by atoms with Gasteiger partial charge in [-0.3, -0.25) is 14.9 Å². The van der Waals surface area contributed by atoms with Crippen molar-refractivity contribution in [2.75, 3.05) is 17.2 Å². The summed E-state index contributed by atoms with van der Waals surface area (Å²) in [5.41, 5.74) is 2.24. The number of nitrogens with zero attached hydrogens (tertiary/aromatic N) is 1. The van der Waals surface area contributed by atoms with Crippen LogP contribution in [0.2, 0.25) is 0 Å². The predicted octanol–water partition coefficient (Wildman–Crippen LogP) is 2.94. The van der Waals surface area contributed by atoms with Crippen LogP contribution in [0, 0.1) is 29.4 Å². The highest BCUT2D eigenvalue weighted by Crippen LogP contribution is 2.25. The van der Waals surface area contributed by atoms with Gasteiger partial charge in [0.15, 0.2) is 0 Å². The van der Waals surface area contributed by atoms with Crippen LogP contribution < -0.4 is 10.6 Å². The van der Waals surface area contributed by atoms with Crippen molar-refractivity contribution in [3.63, 3.8) is 0 Å². The van der Waals surface area contributed by atoms with Gasteiger partial charge in [0, 0.05) is 17.3 Å². The zero-order chi connectivity index (χ0) is 16.8. The number of hydrogen-bond acceptors (Lipinski definition) is 4. The molecule has 0 fully saturated rings. The molecule has 0 saturated carbocycles. The maximum atomic E-state index is 11.9. The lowest BCUT2D eigenvalue weighted by Crippen LogP contribution is -2.22. The summed E-state index contributed by atoms with van der Waals surface area (Å²) in [5, 5.41) is 16.5. The molecule has 0 aromatic heterocycles. The summed E-state index contributed by atoms with van der Waals surface area (Å²) in [6.45, 7) is 1.67. The van der Waals surface area contributed by atoms with Crippen LogP contribution in [-0.4, -0.2) is 17.4 Å². The van der Waals surface area contributed by atoms with Crippen molar-refractivity contribution in [1.82, 2.24) is 0 Å². The van der Waals surface area contributed by atoms with E-state index in [-0.39, 0.29) is 18.1 Å². The standard InChI is InChI=1S/C17H15N3O3/c1-3-13-5-4-6-14(10-13)19-17(21)11-18-15-8-7-12(2)9-16(15)20(22)23/h1,4-10,18H,11H2,2H3,(H,19,21). The second kappa shape index (κ2) is 7.09. The molecule has 0 radical (unpaired) electrons. The van der Waals surface area contributed by atoms with Crippen LogP contribution in [0.15, 0.2) is 42.5 Å². The SMILES string of the molecule is C#Cc1cccc(NC(=O)CNc2ccc(C)cc2[N+](=O)[O-])c1. The third-order valence-corrected chi connectivity index (χ3v) is 3.10. The fourth-order valence-electron chi connectivity index (χ4n) is 2.01. The van der Waals surface area contributed by atoms with Gasteiger partial charge < -0.3 is 10.6 Å². The minimum absolute atomic E-state index is 0.0628. The summed E-state index contributed by atoms with van der Waals surface area (Å²) >= 11 is 0. The van der Waals surface area contributed by atoms with E-state index in [2.05, 4.69) is 16.6 Å². The van der Waals surface area contributed by atoms with E-state index in [0.717, 1.165) is 5.56 Å². The molecule has 2 aromatic rings. The first-order chi connectivity index (χ1) is 11.0. The number of carbonyl (C=O) groups is 1. The van der Waals surface area contributed by atoms with Crippen LogP contribution in [0.3, 0.4) is 0 Å². The molecular weight excluding hydrogens is 294 g/mol. The quantitative estimate of drug-likeness (QED) is 0.505. The molecule has 0 aliphatic rings. The van der Waals surface area contributed by atoms with Crippen LogP contribution in [-0.2, 0) is 4.79 Å². The van der Waals surface area contributed by atoms with Crippen molar-refractivity contribution in [2.45, 2.75) is 6.92 Å². The number of carbonyl (C=O) groups excluding carboxylic acids is 1. The molecular formula is C17H15N3O3. The fourth-order valence-corrected chi connectivity index (χ4v) is 2.01. The van der Waals surface area contributed by atoms with Crippen molar-refractivity contribution >= 4 is 23.0 Å². The minimum atomic E-state index is -0.483. The molecule has 6 heteroatoms. The average molecular weight is 309 g/mol. The van der Waals surface area contributed by atoms with Crippen LogP contribution in [0.5, 0.6) is 0 Å². The highest BCUT2D eigenvalue weighted by molar-refractivity contribution is 5.94. The molecule has 116 valence electrons. The summed E-state index contributed by atoms with van der Waals surface area (Å²) in [5.74, 6) is 2.16. The largest absolute Gasteiger partial charge is 0.371 e. The Bertz CT molecular complexity index is 794. The van der Waals surface area contributed by atoms with Crippen LogP contribution in [0.25, 0.3) is 0 Å². The van der Waals surface area contributed by atoms with Crippen molar-refractivity contribution in [3.8, 4) is 12.3 Å². The van der Waals surface area contributed by atoms with Crippen LogP contribution >= 0.6 is 0 Å². The lowest BCUT2D eigenvalue weighted by atomic mass is 10.2. The third-order valence-electron chi connectivity index (χ3n) is 3.10. The number of benzene rings is 2. The van der Waals surface area contributed by atoms with E-state index in [9.17, 15) is 14.9 Å². The van der Waals surface area contributed by atoms with Gasteiger partial charge in [0.2, 0.25) is 5.91 Å². The zero-order valence-electron chi connectivity index (χ0n) is 12.5. The maximum Gasteiger partial charge on any atom is 0.292 e. The zero-order valence-corrected chi connectivity index (χ0v) is 12.5. The van der Waals surface area contributed by atoms with Crippen molar-refractivity contribution in [2.24, 2.45) is 0 Å². The number of aryl methyl sites for hydroxylation is 1. The average Bonchev–Trinajstić information content (AvgIpc) is 2.53. The summed E-state index contributed by atoms with van der Waals surface area (Å²) in [6.07, 6.45) is 5.30. The Morgan fingerprint density at radius 1 is 1.30 bits per heavy atom. The van der Waals surface area contributed by atoms with Crippen LogP contribution in [0.1, 0.15) is 11.1 Å². The molecule has 0 spiro atoms. The Balaban J connectivity index is 2.02. The van der Waals surface area contributed by atoms with Gasteiger partial charge in [-0.05, 0) is 36.8 Å². The van der Waals surface area contributed by atoms with Gasteiger partial charge in [0.1, 0.15) is 5.69 Å². The fraction of sp³-hybridized carbons (Fsp3) is 0.118. The van der Waals surface area contributed by atoms with E-state index in [0.29, 0.717) is 16.9 Å². The number of nitro benzene ring substituents is 1. The first-order valence-electron chi connectivity index (χ1n) is 6.85. The van der Waals surface area contributed by atoms with Crippen molar-refractivity contribution in [3.05, 3.63) is 63.7 Å². The lowest BCUT2D eigenvalue weighted by Gasteiger charge is -2.09. The predicted molar refractivity (Wildman–Crippen MR) is 89.3 cm³/mol. The number of rotatable bonds is 5. The molecule has 6 nitrogen and oxygen atoms in total. The number of nitrogens with one attached hydrogen (secondary N) is 2. The number of hydrogen-bond donors (Lipinski definition) is 2. The number of amides is 1. The molecule has 0 atom stereocenters. The second-order valence-electron chi connectivity index (χ2n) is 4.90. The summed E-state index contributed by atoms with van der Waals surface area (Å²) < 4.78 is 0. The van der Waals surface area contributed by atoms with E-state index in [4.69, 9.17) is 6.42 Å². The number of terminal acetylenes is 1. The first kappa shape index (κ1) is 16.0. The van der Waals surface area contributed by atoms with Gasteiger partial charge in [-0.2, -0.15) is 0 Å².